The number of rotatable bonds is 3. The molecule has 0 radical (unpaired) electrons. The van der Waals surface area contributed by atoms with Gasteiger partial charge in [0.25, 0.3) is 0 Å². The van der Waals surface area contributed by atoms with Crippen LogP contribution in [-0.2, 0) is 0 Å². The summed E-state index contributed by atoms with van der Waals surface area (Å²) in [5.74, 6) is 0. The average Bonchev–Trinajstić information content (AvgIpc) is 2.42. The van der Waals surface area contributed by atoms with E-state index in [0.29, 0.717) is 5.71 Å². The quantitative estimate of drug-likeness (QED) is 0.481. The highest BCUT2D eigenvalue weighted by molar-refractivity contribution is 6.10. The Morgan fingerprint density at radius 1 is 0.882 bits per heavy atom. The van der Waals surface area contributed by atoms with Crippen LogP contribution in [0.1, 0.15) is 11.1 Å². The van der Waals surface area contributed by atoms with Gasteiger partial charge in [-0.15, -0.1) is 0 Å². The van der Waals surface area contributed by atoms with Gasteiger partial charge in [-0.05, 0) is 11.6 Å². The van der Waals surface area contributed by atoms with Crippen LogP contribution in [0.25, 0.3) is 6.08 Å². The Kier molecular flexibility index (Phi) is 3.71. The minimum Gasteiger partial charge on any atom is -0.410 e. The number of nitrogens with zero attached hydrogens (tertiary/aromatic N) is 1. The predicted molar refractivity (Wildman–Crippen MR) is 70.2 cm³/mol. The van der Waals surface area contributed by atoms with Crippen molar-refractivity contribution < 1.29 is 5.21 Å². The van der Waals surface area contributed by atoms with Crippen molar-refractivity contribution in [3.05, 3.63) is 77.9 Å². The molecule has 0 bridgehead atoms. The average molecular weight is 223 g/mol. The van der Waals surface area contributed by atoms with E-state index in [2.05, 4.69) is 5.16 Å². The third kappa shape index (κ3) is 3.05. The first-order valence-corrected chi connectivity index (χ1v) is 5.41. The summed E-state index contributed by atoms with van der Waals surface area (Å²) in [5.41, 5.74) is 2.52. The molecule has 0 spiro atoms. The van der Waals surface area contributed by atoms with Gasteiger partial charge in [0.15, 0.2) is 0 Å². The lowest BCUT2D eigenvalue weighted by atomic mass is 10.1. The van der Waals surface area contributed by atoms with Crippen LogP contribution >= 0.6 is 0 Å². The molecule has 0 fully saturated rings. The van der Waals surface area contributed by atoms with Crippen LogP contribution in [-0.4, -0.2) is 10.9 Å². The van der Waals surface area contributed by atoms with Crippen LogP contribution < -0.4 is 0 Å². The zero-order valence-electron chi connectivity index (χ0n) is 9.32. The van der Waals surface area contributed by atoms with Gasteiger partial charge in [-0.3, -0.25) is 0 Å². The zero-order valence-corrected chi connectivity index (χ0v) is 9.32. The van der Waals surface area contributed by atoms with E-state index in [1.807, 2.05) is 66.7 Å². The Bertz CT molecular complexity index is 515. The molecule has 0 amide bonds. The molecule has 0 atom stereocenters. The van der Waals surface area contributed by atoms with Crippen molar-refractivity contribution in [3.8, 4) is 0 Å². The molecule has 2 aromatic carbocycles. The van der Waals surface area contributed by atoms with E-state index in [0.717, 1.165) is 11.1 Å². The molecule has 0 aliphatic carbocycles. The fraction of sp³-hybridized carbons (Fsp3) is 0. The maximum absolute atomic E-state index is 8.99. The van der Waals surface area contributed by atoms with Crippen molar-refractivity contribution in [2.24, 2.45) is 5.16 Å². The molecule has 0 saturated carbocycles. The van der Waals surface area contributed by atoms with Crippen LogP contribution in [0.15, 0.2) is 71.9 Å². The van der Waals surface area contributed by atoms with Crippen LogP contribution in [0.2, 0.25) is 0 Å². The van der Waals surface area contributed by atoms with Gasteiger partial charge < -0.3 is 5.21 Å². The Hall–Kier alpha value is -2.35. The Morgan fingerprint density at radius 2 is 1.47 bits per heavy atom. The molecule has 0 aromatic heterocycles. The highest BCUT2D eigenvalue weighted by atomic mass is 16.4. The van der Waals surface area contributed by atoms with Crippen molar-refractivity contribution in [2.45, 2.75) is 0 Å². The molecule has 0 unspecified atom stereocenters. The summed E-state index contributed by atoms with van der Waals surface area (Å²) < 4.78 is 0. The molecule has 84 valence electrons. The SMILES string of the molecule is O/N=C(/C=C\c1ccccc1)c1ccccc1. The molecule has 2 rings (SSSR count). The van der Waals surface area contributed by atoms with E-state index in [9.17, 15) is 0 Å². The van der Waals surface area contributed by atoms with Gasteiger partial charge in [-0.1, -0.05) is 71.9 Å². The second kappa shape index (κ2) is 5.66. The van der Waals surface area contributed by atoms with Gasteiger partial charge in [0.05, 0.1) is 0 Å². The largest absolute Gasteiger partial charge is 0.410 e. The molecular formula is C15H13NO. The van der Waals surface area contributed by atoms with E-state index in [1.165, 1.54) is 0 Å². The van der Waals surface area contributed by atoms with Crippen LogP contribution in [0.4, 0.5) is 0 Å². The number of hydrogen-bond acceptors (Lipinski definition) is 2. The summed E-state index contributed by atoms with van der Waals surface area (Å²) in [6.07, 6.45) is 3.72. The van der Waals surface area contributed by atoms with Crippen LogP contribution in [0.5, 0.6) is 0 Å². The monoisotopic (exact) mass is 223 g/mol. The molecular weight excluding hydrogens is 210 g/mol. The van der Waals surface area contributed by atoms with Crippen molar-refractivity contribution in [1.82, 2.24) is 0 Å². The van der Waals surface area contributed by atoms with Crippen LogP contribution in [0, 0.1) is 0 Å². The fourth-order valence-electron chi connectivity index (χ4n) is 1.54. The van der Waals surface area contributed by atoms with Crippen molar-refractivity contribution in [1.29, 1.82) is 0 Å². The molecule has 0 aliphatic heterocycles. The molecule has 0 heterocycles. The maximum Gasteiger partial charge on any atom is 0.109 e. The molecule has 2 nitrogen and oxygen atoms in total. The summed E-state index contributed by atoms with van der Waals surface area (Å²) in [4.78, 5) is 0. The van der Waals surface area contributed by atoms with Crippen molar-refractivity contribution in [3.63, 3.8) is 0 Å². The lowest BCUT2D eigenvalue weighted by Crippen LogP contribution is -1.95. The van der Waals surface area contributed by atoms with Gasteiger partial charge in [-0.25, -0.2) is 0 Å². The summed E-state index contributed by atoms with van der Waals surface area (Å²) in [7, 11) is 0. The fourth-order valence-corrected chi connectivity index (χ4v) is 1.54. The van der Waals surface area contributed by atoms with Gasteiger partial charge in [-0.2, -0.15) is 0 Å². The number of benzene rings is 2. The molecule has 0 saturated heterocycles. The summed E-state index contributed by atoms with van der Waals surface area (Å²) >= 11 is 0. The lowest BCUT2D eigenvalue weighted by molar-refractivity contribution is 0.320. The highest BCUT2D eigenvalue weighted by Gasteiger charge is 1.98. The third-order valence-electron chi connectivity index (χ3n) is 2.41. The van der Waals surface area contributed by atoms with E-state index < -0.39 is 0 Å². The van der Waals surface area contributed by atoms with Crippen molar-refractivity contribution >= 4 is 11.8 Å². The Labute approximate surface area is 101 Å². The van der Waals surface area contributed by atoms with E-state index in [1.54, 1.807) is 6.08 Å². The smallest absolute Gasteiger partial charge is 0.109 e. The van der Waals surface area contributed by atoms with E-state index in [4.69, 9.17) is 5.21 Å². The summed E-state index contributed by atoms with van der Waals surface area (Å²) in [6, 6.07) is 19.5. The summed E-state index contributed by atoms with van der Waals surface area (Å²) in [6.45, 7) is 0. The van der Waals surface area contributed by atoms with Crippen molar-refractivity contribution in [2.75, 3.05) is 0 Å². The Balaban J connectivity index is 2.20. The second-order valence-corrected chi connectivity index (χ2v) is 3.60. The maximum atomic E-state index is 8.99. The molecule has 17 heavy (non-hydrogen) atoms. The normalized spacial score (nSPS) is 11.9. The second-order valence-electron chi connectivity index (χ2n) is 3.60. The number of oxime groups is 1. The number of allylic oxidation sites excluding steroid dienone is 1. The van der Waals surface area contributed by atoms with Crippen LogP contribution in [0.3, 0.4) is 0 Å². The standard InChI is InChI=1S/C15H13NO/c17-16-15(14-9-5-2-6-10-14)12-11-13-7-3-1-4-8-13/h1-12,17H/b12-11-,16-15-. The predicted octanol–water partition coefficient (Wildman–Crippen LogP) is 3.58. The lowest BCUT2D eigenvalue weighted by Gasteiger charge is -1.98. The zero-order chi connectivity index (χ0) is 11.9. The first kappa shape index (κ1) is 11.1. The minimum atomic E-state index is 0.550. The summed E-state index contributed by atoms with van der Waals surface area (Å²) in [5, 5.41) is 12.3. The third-order valence-corrected chi connectivity index (χ3v) is 2.41. The van der Waals surface area contributed by atoms with Gasteiger partial charge in [0.2, 0.25) is 0 Å². The van der Waals surface area contributed by atoms with E-state index >= 15 is 0 Å². The van der Waals surface area contributed by atoms with Gasteiger partial charge in [0, 0.05) is 5.56 Å². The number of hydrogen-bond donors (Lipinski definition) is 1. The van der Waals surface area contributed by atoms with E-state index in [-0.39, 0.29) is 0 Å². The highest BCUT2D eigenvalue weighted by Crippen LogP contribution is 2.06. The van der Waals surface area contributed by atoms with Gasteiger partial charge >= 0.3 is 0 Å². The Morgan fingerprint density at radius 3 is 2.06 bits per heavy atom. The molecule has 1 N–H and O–H groups in total. The molecule has 2 aromatic rings. The van der Waals surface area contributed by atoms with Gasteiger partial charge in [0.1, 0.15) is 5.71 Å². The molecule has 0 aliphatic rings. The topological polar surface area (TPSA) is 32.6 Å². The molecule has 2 heteroatoms. The first-order valence-electron chi connectivity index (χ1n) is 5.41. The minimum absolute atomic E-state index is 0.550. The first-order chi connectivity index (χ1) is 8.40.